The molecular weight excluding hydrogens is 338 g/mol. The van der Waals surface area contributed by atoms with Gasteiger partial charge in [0.15, 0.2) is 0 Å². The zero-order valence-electron chi connectivity index (χ0n) is 15.0. The van der Waals surface area contributed by atoms with Crippen LogP contribution in [0.3, 0.4) is 0 Å². The maximum Gasteiger partial charge on any atom is 0.235 e. The lowest BCUT2D eigenvalue weighted by atomic mass is 9.85. The first kappa shape index (κ1) is 17.3. The lowest BCUT2D eigenvalue weighted by Gasteiger charge is -2.20. The summed E-state index contributed by atoms with van der Waals surface area (Å²) < 4.78 is 4.80. The van der Waals surface area contributed by atoms with Crippen LogP contribution in [0.4, 0.5) is 0 Å². The number of rotatable bonds is 1. The number of nitrogens with zero attached hydrogens (tertiary/aromatic N) is 1. The van der Waals surface area contributed by atoms with Gasteiger partial charge in [-0.05, 0) is 64.1 Å². The molecule has 0 fully saturated rings. The van der Waals surface area contributed by atoms with Crippen LogP contribution in [-0.4, -0.2) is 17.6 Å². The van der Waals surface area contributed by atoms with E-state index in [1.807, 2.05) is 24.3 Å². The Balaban J connectivity index is 0.000000257. The van der Waals surface area contributed by atoms with Crippen LogP contribution in [0.15, 0.2) is 60.9 Å². The molecule has 3 aliphatic rings. The standard InChI is InChI=1S/C18H15NO2.C5H6O/c20-19(21)14-8-5-13-7-9-16-15-4-2-1-3-12(15)6-10-17(16)18(13)11-14;1-2-4-6-5-3-1/h1,3,5-10,14H,2,4,11H2;1-4H,5H2. The maximum atomic E-state index is 11.1. The molecule has 0 saturated heterocycles. The number of hydrogen-bond acceptors (Lipinski definition) is 3. The summed E-state index contributed by atoms with van der Waals surface area (Å²) in [6.07, 6.45) is 18.1. The summed E-state index contributed by atoms with van der Waals surface area (Å²) >= 11 is 0. The molecule has 0 bridgehead atoms. The van der Waals surface area contributed by atoms with Crippen molar-refractivity contribution in [1.82, 2.24) is 0 Å². The summed E-state index contributed by atoms with van der Waals surface area (Å²) in [5, 5.41) is 13.5. The Morgan fingerprint density at radius 2 is 1.74 bits per heavy atom. The average Bonchev–Trinajstić information content (AvgIpc) is 2.74. The molecule has 136 valence electrons. The molecular formula is C23H21NO3. The number of benzene rings is 2. The fourth-order valence-corrected chi connectivity index (χ4v) is 3.80. The summed E-state index contributed by atoms with van der Waals surface area (Å²) in [4.78, 5) is 10.9. The highest BCUT2D eigenvalue weighted by molar-refractivity contribution is 5.94. The van der Waals surface area contributed by atoms with Crippen molar-refractivity contribution >= 4 is 22.9 Å². The number of allylic oxidation sites excluding steroid dienone is 3. The van der Waals surface area contributed by atoms with E-state index in [1.165, 1.54) is 21.9 Å². The fourth-order valence-electron chi connectivity index (χ4n) is 3.80. The summed E-state index contributed by atoms with van der Waals surface area (Å²) in [5.41, 5.74) is 4.90. The zero-order chi connectivity index (χ0) is 18.6. The van der Waals surface area contributed by atoms with Crippen molar-refractivity contribution < 1.29 is 9.66 Å². The minimum atomic E-state index is -0.598. The summed E-state index contributed by atoms with van der Waals surface area (Å²) in [6.45, 7) is 0.733. The van der Waals surface area contributed by atoms with E-state index in [0.29, 0.717) is 6.42 Å². The van der Waals surface area contributed by atoms with E-state index >= 15 is 0 Å². The molecule has 0 aromatic heterocycles. The van der Waals surface area contributed by atoms with Crippen LogP contribution in [0.25, 0.3) is 22.9 Å². The highest BCUT2D eigenvalue weighted by Gasteiger charge is 2.24. The second-order valence-corrected chi connectivity index (χ2v) is 6.81. The van der Waals surface area contributed by atoms with Gasteiger partial charge in [-0.1, -0.05) is 48.6 Å². The number of aryl methyl sites for hydroxylation is 1. The smallest absolute Gasteiger partial charge is 0.235 e. The Labute approximate surface area is 158 Å². The van der Waals surface area contributed by atoms with Crippen LogP contribution < -0.4 is 0 Å². The Hall–Kier alpha value is -3.14. The molecule has 5 rings (SSSR count). The first-order valence-corrected chi connectivity index (χ1v) is 9.23. The van der Waals surface area contributed by atoms with Crippen LogP contribution >= 0.6 is 0 Å². The largest absolute Gasteiger partial charge is 0.497 e. The van der Waals surface area contributed by atoms with Crippen LogP contribution in [0.5, 0.6) is 0 Å². The number of ether oxygens (including phenoxy) is 1. The van der Waals surface area contributed by atoms with Crippen LogP contribution in [-0.2, 0) is 17.6 Å². The van der Waals surface area contributed by atoms with E-state index in [0.717, 1.165) is 30.6 Å². The average molecular weight is 359 g/mol. The molecule has 1 heterocycles. The third-order valence-corrected chi connectivity index (χ3v) is 5.15. The van der Waals surface area contributed by atoms with E-state index < -0.39 is 6.04 Å². The molecule has 1 unspecified atom stereocenters. The molecule has 0 spiro atoms. The first-order chi connectivity index (χ1) is 13.2. The van der Waals surface area contributed by atoms with Gasteiger partial charge in [0.1, 0.15) is 6.61 Å². The molecule has 0 N–H and O–H groups in total. The highest BCUT2D eigenvalue weighted by atomic mass is 16.6. The van der Waals surface area contributed by atoms with Gasteiger partial charge in [0, 0.05) is 11.3 Å². The lowest BCUT2D eigenvalue weighted by molar-refractivity contribution is -0.508. The monoisotopic (exact) mass is 359 g/mol. The lowest BCUT2D eigenvalue weighted by Crippen LogP contribution is -2.22. The van der Waals surface area contributed by atoms with Crippen molar-refractivity contribution in [3.63, 3.8) is 0 Å². The van der Waals surface area contributed by atoms with Gasteiger partial charge < -0.3 is 4.74 Å². The molecule has 4 heteroatoms. The molecule has 2 aromatic carbocycles. The summed E-state index contributed by atoms with van der Waals surface area (Å²) in [6, 6.07) is 7.94. The van der Waals surface area contributed by atoms with E-state index in [1.54, 1.807) is 12.3 Å². The molecule has 0 saturated carbocycles. The number of hydrogen-bond donors (Lipinski definition) is 0. The van der Waals surface area contributed by atoms with Gasteiger partial charge in [0.2, 0.25) is 6.04 Å². The Morgan fingerprint density at radius 3 is 2.37 bits per heavy atom. The molecule has 0 amide bonds. The molecule has 4 nitrogen and oxygen atoms in total. The predicted octanol–water partition coefficient (Wildman–Crippen LogP) is 5.10. The van der Waals surface area contributed by atoms with E-state index in [4.69, 9.17) is 4.74 Å². The van der Waals surface area contributed by atoms with Gasteiger partial charge in [0.25, 0.3) is 0 Å². The zero-order valence-corrected chi connectivity index (χ0v) is 15.0. The van der Waals surface area contributed by atoms with Crippen molar-refractivity contribution in [3.8, 4) is 0 Å². The predicted molar refractivity (Wildman–Crippen MR) is 109 cm³/mol. The van der Waals surface area contributed by atoms with E-state index in [2.05, 4.69) is 36.4 Å². The Kier molecular flexibility index (Phi) is 4.88. The number of nitro groups is 1. The van der Waals surface area contributed by atoms with Crippen LogP contribution in [0.2, 0.25) is 0 Å². The SMILES string of the molecule is C1=CCOC=C1.O=[N+]([O-])C1C=Cc2ccc3c4c(ccc3c2C1)C=CCC4. The van der Waals surface area contributed by atoms with Gasteiger partial charge in [-0.15, -0.1) is 0 Å². The molecule has 0 radical (unpaired) electrons. The second-order valence-electron chi connectivity index (χ2n) is 6.81. The number of fused-ring (bicyclic) bond motifs is 5. The summed E-state index contributed by atoms with van der Waals surface area (Å²) in [5.74, 6) is 0. The molecule has 27 heavy (non-hydrogen) atoms. The van der Waals surface area contributed by atoms with Gasteiger partial charge in [0.05, 0.1) is 6.26 Å². The third kappa shape index (κ3) is 3.56. The van der Waals surface area contributed by atoms with Gasteiger partial charge in [-0.3, -0.25) is 10.1 Å². The topological polar surface area (TPSA) is 52.4 Å². The summed E-state index contributed by atoms with van der Waals surface area (Å²) in [7, 11) is 0. The molecule has 1 aliphatic heterocycles. The Bertz CT molecular complexity index is 986. The van der Waals surface area contributed by atoms with E-state index in [9.17, 15) is 10.1 Å². The molecule has 2 aromatic rings. The minimum absolute atomic E-state index is 0.195. The van der Waals surface area contributed by atoms with Crippen molar-refractivity contribution in [3.05, 3.63) is 93.3 Å². The van der Waals surface area contributed by atoms with Crippen LogP contribution in [0, 0.1) is 10.1 Å². The van der Waals surface area contributed by atoms with Crippen molar-refractivity contribution in [2.24, 2.45) is 0 Å². The quantitative estimate of drug-likeness (QED) is 0.526. The maximum absolute atomic E-state index is 11.1. The fraction of sp³-hybridized carbons (Fsp3) is 0.217. The minimum Gasteiger partial charge on any atom is -0.497 e. The highest BCUT2D eigenvalue weighted by Crippen LogP contribution is 2.34. The first-order valence-electron chi connectivity index (χ1n) is 9.23. The third-order valence-electron chi connectivity index (χ3n) is 5.15. The molecule has 1 atom stereocenters. The van der Waals surface area contributed by atoms with Gasteiger partial charge in [-0.25, -0.2) is 0 Å². The van der Waals surface area contributed by atoms with Crippen molar-refractivity contribution in [1.29, 1.82) is 0 Å². The Morgan fingerprint density at radius 1 is 0.963 bits per heavy atom. The van der Waals surface area contributed by atoms with Gasteiger partial charge >= 0.3 is 0 Å². The van der Waals surface area contributed by atoms with Crippen LogP contribution in [0.1, 0.15) is 28.7 Å². The van der Waals surface area contributed by atoms with Crippen molar-refractivity contribution in [2.75, 3.05) is 6.61 Å². The van der Waals surface area contributed by atoms with E-state index in [-0.39, 0.29) is 4.92 Å². The second kappa shape index (κ2) is 7.62. The van der Waals surface area contributed by atoms with Crippen molar-refractivity contribution in [2.45, 2.75) is 25.3 Å². The molecule has 2 aliphatic carbocycles. The normalized spacial score (nSPS) is 18.9. The van der Waals surface area contributed by atoms with Gasteiger partial charge in [-0.2, -0.15) is 0 Å².